The third kappa shape index (κ3) is 7.53. The van der Waals surface area contributed by atoms with Crippen molar-refractivity contribution in [2.45, 2.75) is 19.6 Å². The molecule has 0 aliphatic heterocycles. The second-order valence-corrected chi connectivity index (χ2v) is 6.62. The summed E-state index contributed by atoms with van der Waals surface area (Å²) in [5.74, 6) is 0.839. The summed E-state index contributed by atoms with van der Waals surface area (Å²) in [6.45, 7) is 3.18. The highest BCUT2D eigenvalue weighted by atomic mass is 127. The molecule has 10 heteroatoms. The number of alkyl halides is 3. The molecule has 27 heavy (non-hydrogen) atoms. The van der Waals surface area contributed by atoms with Crippen LogP contribution < -0.4 is 10.1 Å². The van der Waals surface area contributed by atoms with Gasteiger partial charge in [-0.3, -0.25) is 4.99 Å². The predicted octanol–water partition coefficient (Wildman–Crippen LogP) is 4.17. The molecule has 0 amide bonds. The van der Waals surface area contributed by atoms with E-state index in [2.05, 4.69) is 15.3 Å². The number of guanidine groups is 1. The average molecular weight is 514 g/mol. The van der Waals surface area contributed by atoms with Gasteiger partial charge in [0.25, 0.3) is 0 Å². The molecule has 0 spiro atoms. The average Bonchev–Trinajstić information content (AvgIpc) is 2.99. The molecular weight excluding hydrogens is 492 g/mol. The first kappa shape index (κ1) is 23.5. The smallest absolute Gasteiger partial charge is 0.416 e. The van der Waals surface area contributed by atoms with Crippen molar-refractivity contribution in [3.63, 3.8) is 0 Å². The van der Waals surface area contributed by atoms with E-state index in [0.717, 1.165) is 22.8 Å². The maximum absolute atomic E-state index is 12.7. The Morgan fingerprint density at radius 3 is 2.70 bits per heavy atom. The van der Waals surface area contributed by atoms with Gasteiger partial charge in [-0.25, -0.2) is 4.98 Å². The van der Waals surface area contributed by atoms with Gasteiger partial charge in [-0.1, -0.05) is 6.07 Å². The minimum Gasteiger partial charge on any atom is -0.492 e. The lowest BCUT2D eigenvalue weighted by molar-refractivity contribution is -0.137. The third-order valence-corrected chi connectivity index (χ3v) is 4.28. The SMILES string of the molecule is CN=C(NCCOc1cccc(C(F)(F)F)c1)N(C)Cc1csc(C)n1.I. The number of aryl methyl sites for hydroxylation is 1. The minimum atomic E-state index is -4.38. The van der Waals surface area contributed by atoms with Crippen LogP contribution in [0.2, 0.25) is 0 Å². The zero-order chi connectivity index (χ0) is 19.2. The Bertz CT molecular complexity index is 752. The lowest BCUT2D eigenvalue weighted by Gasteiger charge is -2.21. The molecule has 2 rings (SSSR count). The maximum atomic E-state index is 12.7. The fraction of sp³-hybridized carbons (Fsp3) is 0.412. The van der Waals surface area contributed by atoms with E-state index < -0.39 is 11.7 Å². The predicted molar refractivity (Wildman–Crippen MR) is 112 cm³/mol. The standard InChI is InChI=1S/C17H21F3N4OS.HI/c1-12-23-14(11-26-12)10-24(3)16(21-2)22-7-8-25-15-6-4-5-13(9-15)17(18,19)20;/h4-6,9,11H,7-8,10H2,1-3H3,(H,21,22);1H. The molecule has 0 aliphatic rings. The van der Waals surface area contributed by atoms with Gasteiger partial charge < -0.3 is 15.0 Å². The van der Waals surface area contributed by atoms with Crippen LogP contribution in [0.3, 0.4) is 0 Å². The van der Waals surface area contributed by atoms with E-state index in [1.54, 1.807) is 18.4 Å². The summed E-state index contributed by atoms with van der Waals surface area (Å²) in [4.78, 5) is 10.5. The maximum Gasteiger partial charge on any atom is 0.416 e. The lowest BCUT2D eigenvalue weighted by Crippen LogP contribution is -2.40. The number of halogens is 4. The molecule has 0 saturated heterocycles. The van der Waals surface area contributed by atoms with Crippen molar-refractivity contribution in [3.05, 3.63) is 45.9 Å². The molecule has 2 aromatic rings. The van der Waals surface area contributed by atoms with E-state index in [1.165, 1.54) is 12.1 Å². The van der Waals surface area contributed by atoms with Crippen molar-refractivity contribution >= 4 is 41.3 Å². The van der Waals surface area contributed by atoms with E-state index >= 15 is 0 Å². The molecule has 5 nitrogen and oxygen atoms in total. The minimum absolute atomic E-state index is 0. The van der Waals surface area contributed by atoms with Crippen LogP contribution in [0.25, 0.3) is 0 Å². The van der Waals surface area contributed by atoms with Crippen LogP contribution in [0.15, 0.2) is 34.6 Å². The summed E-state index contributed by atoms with van der Waals surface area (Å²) in [6, 6.07) is 4.84. The molecule has 0 saturated carbocycles. The molecule has 0 atom stereocenters. The van der Waals surface area contributed by atoms with Gasteiger partial charge in [0, 0.05) is 19.5 Å². The number of rotatable bonds is 6. The Labute approximate surface area is 177 Å². The fourth-order valence-electron chi connectivity index (χ4n) is 2.28. The van der Waals surface area contributed by atoms with E-state index in [0.29, 0.717) is 19.0 Å². The van der Waals surface area contributed by atoms with Crippen molar-refractivity contribution in [3.8, 4) is 5.75 Å². The van der Waals surface area contributed by atoms with Gasteiger partial charge in [0.1, 0.15) is 12.4 Å². The number of nitrogens with zero attached hydrogens (tertiary/aromatic N) is 3. The van der Waals surface area contributed by atoms with E-state index in [-0.39, 0.29) is 36.3 Å². The van der Waals surface area contributed by atoms with Crippen molar-refractivity contribution < 1.29 is 17.9 Å². The normalized spacial score (nSPS) is 11.7. The Kier molecular flexibility index (Phi) is 9.30. The Balaban J connectivity index is 0.00000364. The Hall–Kier alpha value is -1.56. The van der Waals surface area contributed by atoms with Crippen LogP contribution in [0.5, 0.6) is 5.75 Å². The number of thiazole rings is 1. The van der Waals surface area contributed by atoms with E-state index in [4.69, 9.17) is 4.74 Å². The summed E-state index contributed by atoms with van der Waals surface area (Å²) >= 11 is 1.59. The van der Waals surface area contributed by atoms with Crippen LogP contribution in [-0.4, -0.2) is 43.1 Å². The highest BCUT2D eigenvalue weighted by molar-refractivity contribution is 14.0. The monoisotopic (exact) mass is 514 g/mol. The van der Waals surface area contributed by atoms with Gasteiger partial charge in [0.05, 0.1) is 29.4 Å². The van der Waals surface area contributed by atoms with Crippen LogP contribution in [0, 0.1) is 6.92 Å². The highest BCUT2D eigenvalue weighted by Crippen LogP contribution is 2.31. The van der Waals surface area contributed by atoms with Gasteiger partial charge in [0.15, 0.2) is 5.96 Å². The molecule has 0 aliphatic carbocycles. The first-order valence-corrected chi connectivity index (χ1v) is 8.80. The lowest BCUT2D eigenvalue weighted by atomic mass is 10.2. The fourth-order valence-corrected chi connectivity index (χ4v) is 2.88. The third-order valence-electron chi connectivity index (χ3n) is 3.45. The number of ether oxygens (including phenoxy) is 1. The second-order valence-electron chi connectivity index (χ2n) is 5.56. The first-order valence-electron chi connectivity index (χ1n) is 7.92. The molecule has 1 N–H and O–H groups in total. The van der Waals surface area contributed by atoms with Gasteiger partial charge >= 0.3 is 6.18 Å². The largest absolute Gasteiger partial charge is 0.492 e. The summed E-state index contributed by atoms with van der Waals surface area (Å²) in [7, 11) is 3.55. The molecule has 1 aromatic carbocycles. The summed E-state index contributed by atoms with van der Waals surface area (Å²) < 4.78 is 43.4. The van der Waals surface area contributed by atoms with E-state index in [1.807, 2.05) is 24.3 Å². The molecule has 0 unspecified atom stereocenters. The molecule has 1 aromatic heterocycles. The molecule has 1 heterocycles. The zero-order valence-electron chi connectivity index (χ0n) is 15.2. The number of hydrogen-bond donors (Lipinski definition) is 1. The molecular formula is C17H22F3IN4OS. The summed E-state index contributed by atoms with van der Waals surface area (Å²) in [6.07, 6.45) is -4.38. The number of nitrogens with one attached hydrogen (secondary N) is 1. The summed E-state index contributed by atoms with van der Waals surface area (Å²) in [5.41, 5.74) is 0.232. The van der Waals surface area contributed by atoms with Gasteiger partial charge in [-0.15, -0.1) is 35.3 Å². The van der Waals surface area contributed by atoms with Crippen LogP contribution in [-0.2, 0) is 12.7 Å². The zero-order valence-corrected chi connectivity index (χ0v) is 18.4. The highest BCUT2D eigenvalue weighted by Gasteiger charge is 2.30. The number of aromatic nitrogens is 1. The Morgan fingerprint density at radius 2 is 2.11 bits per heavy atom. The van der Waals surface area contributed by atoms with Gasteiger partial charge in [0.2, 0.25) is 0 Å². The van der Waals surface area contributed by atoms with Crippen molar-refractivity contribution in [1.29, 1.82) is 0 Å². The molecule has 0 bridgehead atoms. The van der Waals surface area contributed by atoms with Crippen LogP contribution >= 0.6 is 35.3 Å². The van der Waals surface area contributed by atoms with Gasteiger partial charge in [-0.05, 0) is 25.1 Å². The molecule has 0 radical (unpaired) electrons. The van der Waals surface area contributed by atoms with Crippen molar-refractivity contribution in [2.75, 3.05) is 27.2 Å². The first-order chi connectivity index (χ1) is 12.3. The molecule has 150 valence electrons. The Morgan fingerprint density at radius 1 is 1.37 bits per heavy atom. The van der Waals surface area contributed by atoms with Crippen LogP contribution in [0.1, 0.15) is 16.3 Å². The number of aliphatic imine (C=N–C) groups is 1. The molecule has 0 fully saturated rings. The number of hydrogen-bond acceptors (Lipinski definition) is 4. The van der Waals surface area contributed by atoms with E-state index in [9.17, 15) is 13.2 Å². The van der Waals surface area contributed by atoms with Crippen molar-refractivity contribution in [1.82, 2.24) is 15.2 Å². The van der Waals surface area contributed by atoms with Crippen LogP contribution in [0.4, 0.5) is 13.2 Å². The van der Waals surface area contributed by atoms with Crippen molar-refractivity contribution in [2.24, 2.45) is 4.99 Å². The second kappa shape index (κ2) is 10.7. The quantitative estimate of drug-likeness (QED) is 0.272. The summed E-state index contributed by atoms with van der Waals surface area (Å²) in [5, 5.41) is 6.12. The number of benzene rings is 1. The topological polar surface area (TPSA) is 49.8 Å². The van der Waals surface area contributed by atoms with Gasteiger partial charge in [-0.2, -0.15) is 13.2 Å².